The Kier molecular flexibility index (Phi) is 4.93. The van der Waals surface area contributed by atoms with Gasteiger partial charge in [-0.1, -0.05) is 0 Å². The standard InChI is InChI=1S/C11H22N2OS/c1-11(2,3)12-7-10(14)13-9-5-4-6-15-8-9/h9,12H,4-8H2,1-3H3,(H,13,14). The van der Waals surface area contributed by atoms with E-state index >= 15 is 0 Å². The van der Waals surface area contributed by atoms with Gasteiger partial charge < -0.3 is 10.6 Å². The summed E-state index contributed by atoms with van der Waals surface area (Å²) in [6, 6.07) is 0.387. The first-order chi connectivity index (χ1) is 6.97. The van der Waals surface area contributed by atoms with E-state index in [0.29, 0.717) is 12.6 Å². The second-order valence-electron chi connectivity index (χ2n) is 5.09. The van der Waals surface area contributed by atoms with Gasteiger partial charge in [0.15, 0.2) is 0 Å². The fraction of sp³-hybridized carbons (Fsp3) is 0.909. The van der Waals surface area contributed by atoms with Crippen LogP contribution in [0.4, 0.5) is 0 Å². The van der Waals surface area contributed by atoms with Crippen LogP contribution in [0.15, 0.2) is 0 Å². The van der Waals surface area contributed by atoms with Crippen LogP contribution in [0.5, 0.6) is 0 Å². The van der Waals surface area contributed by atoms with Crippen molar-refractivity contribution >= 4 is 17.7 Å². The molecule has 1 fully saturated rings. The first kappa shape index (κ1) is 12.8. The van der Waals surface area contributed by atoms with Crippen LogP contribution in [0, 0.1) is 0 Å². The molecule has 1 unspecified atom stereocenters. The normalized spacial score (nSPS) is 22.5. The number of carbonyl (C=O) groups is 1. The first-order valence-corrected chi connectivity index (χ1v) is 6.75. The van der Waals surface area contributed by atoms with Crippen LogP contribution in [0.3, 0.4) is 0 Å². The number of rotatable bonds is 3. The van der Waals surface area contributed by atoms with Gasteiger partial charge in [0.25, 0.3) is 0 Å². The van der Waals surface area contributed by atoms with Gasteiger partial charge in [-0.25, -0.2) is 0 Å². The molecule has 1 rings (SSSR count). The van der Waals surface area contributed by atoms with Gasteiger partial charge in [-0.2, -0.15) is 11.8 Å². The Balaban J connectivity index is 2.17. The monoisotopic (exact) mass is 230 g/mol. The summed E-state index contributed by atoms with van der Waals surface area (Å²) >= 11 is 1.93. The highest BCUT2D eigenvalue weighted by Gasteiger charge is 2.17. The topological polar surface area (TPSA) is 41.1 Å². The van der Waals surface area contributed by atoms with Crippen LogP contribution in [-0.2, 0) is 4.79 Å². The van der Waals surface area contributed by atoms with Gasteiger partial charge in [0.1, 0.15) is 0 Å². The summed E-state index contributed by atoms with van der Waals surface area (Å²) in [5.41, 5.74) is 0.0126. The maximum Gasteiger partial charge on any atom is 0.234 e. The van der Waals surface area contributed by atoms with Crippen molar-refractivity contribution in [1.29, 1.82) is 0 Å². The predicted octanol–water partition coefficient (Wildman–Crippen LogP) is 1.39. The van der Waals surface area contributed by atoms with Gasteiger partial charge >= 0.3 is 0 Å². The summed E-state index contributed by atoms with van der Waals surface area (Å²) in [4.78, 5) is 11.6. The molecule has 0 spiro atoms. The third-order valence-electron chi connectivity index (χ3n) is 2.30. The Bertz CT molecular complexity index is 207. The molecule has 0 radical (unpaired) electrons. The van der Waals surface area contributed by atoms with E-state index in [1.54, 1.807) is 0 Å². The number of nitrogens with one attached hydrogen (secondary N) is 2. The lowest BCUT2D eigenvalue weighted by molar-refractivity contribution is -0.121. The lowest BCUT2D eigenvalue weighted by Crippen LogP contribution is -2.47. The zero-order valence-electron chi connectivity index (χ0n) is 9.93. The molecular weight excluding hydrogens is 208 g/mol. The maximum atomic E-state index is 11.6. The molecule has 0 aromatic carbocycles. The molecule has 1 aliphatic rings. The number of hydrogen-bond acceptors (Lipinski definition) is 3. The molecule has 1 aliphatic heterocycles. The van der Waals surface area contributed by atoms with E-state index in [1.165, 1.54) is 12.2 Å². The summed E-state index contributed by atoms with van der Waals surface area (Å²) in [5.74, 6) is 2.44. The molecule has 1 saturated heterocycles. The minimum absolute atomic E-state index is 0.0126. The average molecular weight is 230 g/mol. The molecule has 88 valence electrons. The van der Waals surface area contributed by atoms with Crippen molar-refractivity contribution in [3.8, 4) is 0 Å². The molecule has 1 amide bonds. The van der Waals surface area contributed by atoms with Crippen LogP contribution in [0.2, 0.25) is 0 Å². The van der Waals surface area contributed by atoms with Crippen molar-refractivity contribution in [2.75, 3.05) is 18.1 Å². The third-order valence-corrected chi connectivity index (χ3v) is 3.52. The van der Waals surface area contributed by atoms with Crippen LogP contribution >= 0.6 is 11.8 Å². The van der Waals surface area contributed by atoms with Crippen LogP contribution in [0.25, 0.3) is 0 Å². The predicted molar refractivity (Wildman–Crippen MR) is 66.2 cm³/mol. The molecule has 1 atom stereocenters. The first-order valence-electron chi connectivity index (χ1n) is 5.59. The highest BCUT2D eigenvalue weighted by atomic mass is 32.2. The molecule has 0 saturated carbocycles. The number of thioether (sulfide) groups is 1. The van der Waals surface area contributed by atoms with E-state index in [2.05, 4.69) is 31.4 Å². The molecule has 3 nitrogen and oxygen atoms in total. The molecule has 15 heavy (non-hydrogen) atoms. The minimum Gasteiger partial charge on any atom is -0.351 e. The van der Waals surface area contributed by atoms with Crippen molar-refractivity contribution in [2.24, 2.45) is 0 Å². The number of amides is 1. The summed E-state index contributed by atoms with van der Waals surface area (Å²) in [6.45, 7) is 6.62. The van der Waals surface area contributed by atoms with E-state index in [9.17, 15) is 4.79 Å². The Morgan fingerprint density at radius 3 is 2.73 bits per heavy atom. The fourth-order valence-corrected chi connectivity index (χ4v) is 2.55. The molecule has 1 heterocycles. The molecule has 0 aromatic heterocycles. The quantitative estimate of drug-likeness (QED) is 0.770. The van der Waals surface area contributed by atoms with Crippen molar-refractivity contribution in [2.45, 2.75) is 45.2 Å². The van der Waals surface area contributed by atoms with Crippen molar-refractivity contribution in [1.82, 2.24) is 10.6 Å². The average Bonchev–Trinajstić information content (AvgIpc) is 2.15. The van der Waals surface area contributed by atoms with Gasteiger partial charge in [-0.15, -0.1) is 0 Å². The lowest BCUT2D eigenvalue weighted by atomic mass is 10.1. The van der Waals surface area contributed by atoms with Gasteiger partial charge in [0.2, 0.25) is 5.91 Å². The Hall–Kier alpha value is -0.220. The molecule has 4 heteroatoms. The van der Waals surface area contributed by atoms with Gasteiger partial charge in [0.05, 0.1) is 6.54 Å². The summed E-state index contributed by atoms with van der Waals surface area (Å²) in [7, 11) is 0. The highest BCUT2D eigenvalue weighted by molar-refractivity contribution is 7.99. The number of carbonyl (C=O) groups excluding carboxylic acids is 1. The van der Waals surface area contributed by atoms with Crippen molar-refractivity contribution in [3.05, 3.63) is 0 Å². The molecule has 2 N–H and O–H groups in total. The summed E-state index contributed by atoms with van der Waals surface area (Å²) in [5, 5.41) is 6.26. The van der Waals surface area contributed by atoms with E-state index < -0.39 is 0 Å². The maximum absolute atomic E-state index is 11.6. The van der Waals surface area contributed by atoms with Crippen LogP contribution < -0.4 is 10.6 Å². The van der Waals surface area contributed by atoms with Crippen LogP contribution in [-0.4, -0.2) is 35.5 Å². The molecular formula is C11H22N2OS. The summed E-state index contributed by atoms with van der Waals surface area (Å²) < 4.78 is 0. The SMILES string of the molecule is CC(C)(C)NCC(=O)NC1CCCSC1. The Labute approximate surface area is 96.8 Å². The molecule has 0 aliphatic carbocycles. The zero-order valence-corrected chi connectivity index (χ0v) is 10.7. The van der Waals surface area contributed by atoms with Crippen molar-refractivity contribution < 1.29 is 4.79 Å². The Morgan fingerprint density at radius 1 is 1.47 bits per heavy atom. The van der Waals surface area contributed by atoms with E-state index in [-0.39, 0.29) is 11.4 Å². The van der Waals surface area contributed by atoms with E-state index in [0.717, 1.165) is 12.2 Å². The van der Waals surface area contributed by atoms with Crippen molar-refractivity contribution in [3.63, 3.8) is 0 Å². The summed E-state index contributed by atoms with van der Waals surface area (Å²) in [6.07, 6.45) is 2.36. The largest absolute Gasteiger partial charge is 0.351 e. The molecule has 0 aromatic rings. The zero-order chi connectivity index (χ0) is 11.3. The van der Waals surface area contributed by atoms with E-state index in [1.807, 2.05) is 11.8 Å². The second-order valence-corrected chi connectivity index (χ2v) is 6.23. The van der Waals surface area contributed by atoms with Gasteiger partial charge in [-0.05, 0) is 39.4 Å². The second kappa shape index (κ2) is 5.75. The van der Waals surface area contributed by atoms with Gasteiger partial charge in [-0.3, -0.25) is 4.79 Å². The van der Waals surface area contributed by atoms with Crippen LogP contribution in [0.1, 0.15) is 33.6 Å². The highest BCUT2D eigenvalue weighted by Crippen LogP contribution is 2.16. The Morgan fingerprint density at radius 2 is 2.20 bits per heavy atom. The lowest BCUT2D eigenvalue weighted by Gasteiger charge is -2.24. The third kappa shape index (κ3) is 6.05. The number of hydrogen-bond donors (Lipinski definition) is 2. The minimum atomic E-state index is 0.0126. The fourth-order valence-electron chi connectivity index (χ4n) is 1.48. The smallest absolute Gasteiger partial charge is 0.234 e. The molecule has 0 bridgehead atoms. The van der Waals surface area contributed by atoms with E-state index in [4.69, 9.17) is 0 Å². The van der Waals surface area contributed by atoms with Gasteiger partial charge in [0, 0.05) is 17.3 Å².